The summed E-state index contributed by atoms with van der Waals surface area (Å²) >= 11 is 4.95. The van der Waals surface area contributed by atoms with Crippen molar-refractivity contribution in [3.05, 3.63) is 72.1 Å². The van der Waals surface area contributed by atoms with Gasteiger partial charge in [-0.2, -0.15) is 0 Å². The third kappa shape index (κ3) is 33.6. The van der Waals surface area contributed by atoms with Crippen LogP contribution in [0.2, 0.25) is 0 Å². The summed E-state index contributed by atoms with van der Waals surface area (Å²) in [5.74, 6) is -0.0499. The second-order valence-electron chi connectivity index (χ2n) is 26.5. The zero-order chi connectivity index (χ0) is 72.7. The molecule has 4 aromatic rings. The number of aromatic amines is 2. The molecule has 0 saturated heterocycles. The van der Waals surface area contributed by atoms with E-state index in [4.69, 9.17) is 35.2 Å². The van der Waals surface area contributed by atoms with E-state index >= 15 is 0 Å². The molecular weight excluding hydrogens is 1290 g/mol. The third-order valence-corrected chi connectivity index (χ3v) is 16.9. The van der Waals surface area contributed by atoms with E-state index in [9.17, 15) is 38.4 Å². The highest BCUT2D eigenvalue weighted by Crippen LogP contribution is 2.21. The predicted octanol–water partition coefficient (Wildman–Crippen LogP) is 3.37. The highest BCUT2D eigenvalue weighted by molar-refractivity contribution is 7.80. The Labute approximate surface area is 588 Å². The fourth-order valence-electron chi connectivity index (χ4n) is 10.9. The van der Waals surface area contributed by atoms with Crippen molar-refractivity contribution in [2.75, 3.05) is 72.0 Å². The molecule has 4 rings (SSSR count). The normalized spacial score (nSPS) is 13.7. The van der Waals surface area contributed by atoms with Gasteiger partial charge in [-0.3, -0.25) is 0 Å². The Hall–Kier alpha value is -8.75. The largest absolute Gasteiger partial charge is 0.376 e. The van der Waals surface area contributed by atoms with Gasteiger partial charge in [-0.05, 0) is 138 Å². The minimum absolute atomic E-state index is 0.0154. The van der Waals surface area contributed by atoms with E-state index in [-0.39, 0.29) is 92.8 Å². The van der Waals surface area contributed by atoms with Crippen LogP contribution in [0.5, 0.6) is 0 Å². The number of fused-ring (bicyclic) bond motifs is 2. The lowest BCUT2D eigenvalue weighted by Crippen LogP contribution is -2.56. The van der Waals surface area contributed by atoms with Crippen molar-refractivity contribution in [1.82, 2.24) is 100 Å². The van der Waals surface area contributed by atoms with Crippen molar-refractivity contribution >= 4 is 87.4 Å². The molecule has 8 atom stereocenters. The van der Waals surface area contributed by atoms with E-state index in [1.165, 1.54) is 0 Å². The molecule has 2 aromatic carbocycles. The van der Waals surface area contributed by atoms with Crippen LogP contribution in [0.15, 0.2) is 60.9 Å². The number of hydrogen-bond acceptors (Lipinski definition) is 12. The molecule has 0 aliphatic heterocycles. The Balaban J connectivity index is 1.37. The van der Waals surface area contributed by atoms with Gasteiger partial charge in [0.25, 0.3) is 0 Å². The molecule has 554 valence electrons. The van der Waals surface area contributed by atoms with Gasteiger partial charge in [-0.1, -0.05) is 97.2 Å². The lowest BCUT2D eigenvalue weighted by atomic mass is 10.0. The number of thiocarbonyl (C=S) groups is 1. The van der Waals surface area contributed by atoms with Crippen molar-refractivity contribution < 1.29 is 38.4 Å². The Morgan fingerprint density at radius 1 is 0.364 bits per heavy atom. The minimum Gasteiger partial charge on any atom is -0.376 e. The smallest absolute Gasteiger partial charge is 0.315 e. The quantitative estimate of drug-likeness (QED) is 0.0223. The SMILES string of the molecule is CC(C)NC(=O)N[C@H](CNC(=O)N[C@@H](CCCCN)CNC(=O)N[C@H](CNC(=O)N[C@H](CNC(=O)N[C@@H](CCCCN)CNC(=O)N[C@H](CNC(=O)N[C@@H](CCCCN)CNC(=O)N[C@H](CNC(N)=S)C(C)C)Cc1c[nH]c2ccccc12)C(C)C)Cc1c[nH]c2ccccc12)C(C)C. The number of nitrogens with two attached hydrogens (primary N) is 4. The highest BCUT2D eigenvalue weighted by Gasteiger charge is 2.26. The summed E-state index contributed by atoms with van der Waals surface area (Å²) in [5, 5.41) is 51.9. The van der Waals surface area contributed by atoms with Gasteiger partial charge in [0.15, 0.2) is 5.11 Å². The summed E-state index contributed by atoms with van der Waals surface area (Å²) in [6, 6.07) is 7.83. The van der Waals surface area contributed by atoms with Gasteiger partial charge >= 0.3 is 48.2 Å². The van der Waals surface area contributed by atoms with Crippen molar-refractivity contribution in [2.45, 2.75) is 180 Å². The third-order valence-electron chi connectivity index (χ3n) is 16.8. The van der Waals surface area contributed by atoms with Gasteiger partial charge in [0.05, 0.1) is 30.2 Å². The number of para-hydroxylation sites is 2. The Morgan fingerprint density at radius 2 is 0.646 bits per heavy atom. The van der Waals surface area contributed by atoms with Crippen molar-refractivity contribution in [3.63, 3.8) is 0 Å². The number of H-pyrrole nitrogens is 2. The van der Waals surface area contributed by atoms with Gasteiger partial charge in [0.2, 0.25) is 0 Å². The number of carbonyl (C=O) groups is 8. The maximum absolute atomic E-state index is 13.9. The molecule has 0 bridgehead atoms. The fraction of sp³-hybridized carbons (Fsp3) is 0.627. The van der Waals surface area contributed by atoms with Gasteiger partial charge in [0, 0.05) is 111 Å². The fourth-order valence-corrected chi connectivity index (χ4v) is 11.0. The van der Waals surface area contributed by atoms with Crippen molar-refractivity contribution in [3.8, 4) is 0 Å². The first-order valence-corrected chi connectivity index (χ1v) is 35.4. The van der Waals surface area contributed by atoms with Crippen LogP contribution in [0.4, 0.5) is 38.4 Å². The lowest BCUT2D eigenvalue weighted by Gasteiger charge is -2.26. The Morgan fingerprint density at radius 3 is 0.960 bits per heavy atom. The van der Waals surface area contributed by atoms with Crippen LogP contribution in [0.3, 0.4) is 0 Å². The Kier molecular flexibility index (Phi) is 38.2. The van der Waals surface area contributed by atoms with Crippen LogP contribution in [0.25, 0.3) is 21.8 Å². The zero-order valence-electron chi connectivity index (χ0n) is 59.2. The minimum atomic E-state index is -0.612. The molecule has 0 spiro atoms. The second-order valence-corrected chi connectivity index (χ2v) is 27.0. The summed E-state index contributed by atoms with van der Waals surface area (Å²) in [6.07, 6.45) is 10.1. The van der Waals surface area contributed by atoms with Gasteiger partial charge < -0.3 is 123 Å². The number of rotatable bonds is 44. The highest BCUT2D eigenvalue weighted by atomic mass is 32.1. The van der Waals surface area contributed by atoms with E-state index in [1.807, 2.05) is 116 Å². The van der Waals surface area contributed by atoms with Crippen LogP contribution >= 0.6 is 12.2 Å². The molecule has 0 saturated carbocycles. The number of carbonyl (C=O) groups excluding carboxylic acids is 8. The molecule has 0 aliphatic rings. The van der Waals surface area contributed by atoms with E-state index in [1.54, 1.807) is 0 Å². The molecule has 0 unspecified atom stereocenters. The van der Waals surface area contributed by atoms with Crippen molar-refractivity contribution in [2.24, 2.45) is 40.7 Å². The van der Waals surface area contributed by atoms with Crippen LogP contribution < -0.4 is 113 Å². The standard InChI is InChI=1S/C67H117N23O8S/c1-41(2)56(38-74-59(71)99)88-65(96)77-35-49(21-15-18-28-70)83-60(91)78-36-50(29-45-31-72-54-24-11-9-22-52(45)54)86-61(92)75-33-47(19-13-16-26-68)84-63(94)80-39-57(42(3)4)89-66(97)79-37-51(30-46-32-73-55-25-12-10-23-53(46)55)87-62(93)76-34-48(20-14-17-27-69)85-64(95)81-40-58(43(5)6)90-67(98)82-44(7)8/h9-12,22-25,31-32,41-44,47-51,56-58,72-73H,13-21,26-30,33-40,68-70H2,1-8H3,(H3,71,74,99)(H2,75,86,92)(H2,76,87,93)(H2,77,88,96)(H2,78,83,91)(H2,79,89,97)(H2,80,84,94)(H2,81,85,95)(H2,82,90,98)/t47-,48-,49-,50-,51-,56+,57+,58+/m0/s1. The van der Waals surface area contributed by atoms with Crippen molar-refractivity contribution in [1.29, 1.82) is 0 Å². The van der Waals surface area contributed by atoms with Gasteiger partial charge in [-0.15, -0.1) is 0 Å². The van der Waals surface area contributed by atoms with E-state index < -0.39 is 78.5 Å². The summed E-state index contributed by atoms with van der Waals surface area (Å²) in [5.41, 5.74) is 26.7. The second kappa shape index (κ2) is 45.8. The molecular formula is C67H117N23O8S. The molecule has 0 aliphatic carbocycles. The molecule has 32 heteroatoms. The molecule has 0 radical (unpaired) electrons. The molecule has 2 aromatic heterocycles. The maximum Gasteiger partial charge on any atom is 0.315 e. The number of nitrogens with one attached hydrogen (secondary N) is 19. The topological polar surface area (TPSA) is 477 Å². The molecule has 99 heavy (non-hydrogen) atoms. The number of unbranched alkanes of at least 4 members (excludes halogenated alkanes) is 3. The number of amides is 16. The number of urea groups is 8. The monoisotopic (exact) mass is 1400 g/mol. The summed E-state index contributed by atoms with van der Waals surface area (Å²) < 4.78 is 0. The predicted molar refractivity (Wildman–Crippen MR) is 395 cm³/mol. The number of hydrogen-bond donors (Lipinski definition) is 23. The lowest BCUT2D eigenvalue weighted by molar-refractivity contribution is 0.221. The van der Waals surface area contributed by atoms with Crippen LogP contribution in [-0.4, -0.2) is 190 Å². The van der Waals surface area contributed by atoms with E-state index in [0.717, 1.165) is 39.4 Å². The first-order chi connectivity index (χ1) is 47.4. The van der Waals surface area contributed by atoms with E-state index in [0.29, 0.717) is 90.4 Å². The average molecular weight is 1400 g/mol. The summed E-state index contributed by atoms with van der Waals surface area (Å²) in [4.78, 5) is 114. The summed E-state index contributed by atoms with van der Waals surface area (Å²) in [7, 11) is 0. The zero-order valence-corrected chi connectivity index (χ0v) is 60.1. The Bertz CT molecular complexity index is 3090. The molecule has 27 N–H and O–H groups in total. The van der Waals surface area contributed by atoms with E-state index in [2.05, 4.69) is 100 Å². The molecule has 0 fully saturated rings. The summed E-state index contributed by atoms with van der Waals surface area (Å²) in [6.45, 7) is 17.6. The molecule has 31 nitrogen and oxygen atoms in total. The number of aromatic nitrogens is 2. The average Bonchev–Trinajstić information content (AvgIpc) is 1.73. The van der Waals surface area contributed by atoms with Crippen LogP contribution in [0.1, 0.15) is 124 Å². The molecule has 16 amide bonds. The van der Waals surface area contributed by atoms with Crippen LogP contribution in [-0.2, 0) is 12.8 Å². The maximum atomic E-state index is 13.9. The van der Waals surface area contributed by atoms with Gasteiger partial charge in [-0.25, -0.2) is 38.4 Å². The molecule has 2 heterocycles. The number of benzene rings is 2. The first kappa shape index (κ1) is 82.7. The van der Waals surface area contributed by atoms with Crippen LogP contribution in [0, 0.1) is 17.8 Å². The van der Waals surface area contributed by atoms with Gasteiger partial charge in [0.1, 0.15) is 0 Å². The first-order valence-electron chi connectivity index (χ1n) is 35.0.